The monoisotopic (exact) mass is 266 g/mol. The van der Waals surface area contributed by atoms with Crippen LogP contribution in [0.5, 0.6) is 0 Å². The minimum absolute atomic E-state index is 0.183. The molecule has 0 heterocycles. The molecule has 19 heavy (non-hydrogen) atoms. The highest BCUT2D eigenvalue weighted by Gasteiger charge is 2.16. The predicted octanol–water partition coefficient (Wildman–Crippen LogP) is 0.0163. The highest BCUT2D eigenvalue weighted by Crippen LogP contribution is 2.13. The van der Waals surface area contributed by atoms with Gasteiger partial charge in [-0.2, -0.15) is 0 Å². The number of hydrogen-bond acceptors (Lipinski definition) is 5. The first-order valence-corrected chi connectivity index (χ1v) is 5.77. The van der Waals surface area contributed by atoms with Crippen molar-refractivity contribution in [3.63, 3.8) is 0 Å². The summed E-state index contributed by atoms with van der Waals surface area (Å²) < 4.78 is 4.35. The highest BCUT2D eigenvalue weighted by atomic mass is 16.5. The van der Waals surface area contributed by atoms with Gasteiger partial charge in [0.25, 0.3) is 5.91 Å². The third kappa shape index (κ3) is 4.26. The summed E-state index contributed by atoms with van der Waals surface area (Å²) in [6.45, 7) is -0.183. The topological polar surface area (TPSA) is 78.9 Å². The number of benzene rings is 1. The fourth-order valence-corrected chi connectivity index (χ4v) is 1.44. The quantitative estimate of drug-likeness (QED) is 0.734. The first kappa shape index (κ1) is 15.0. The highest BCUT2D eigenvalue weighted by molar-refractivity contribution is 5.95. The van der Waals surface area contributed by atoms with Gasteiger partial charge in [0, 0.05) is 25.3 Å². The maximum Gasteiger partial charge on any atom is 0.336 e. The number of aliphatic hydroxyl groups is 1. The molecule has 0 aliphatic heterocycles. The van der Waals surface area contributed by atoms with Crippen molar-refractivity contribution in [1.82, 2.24) is 5.32 Å². The number of carbonyl (C=O) groups is 2. The molecule has 104 valence electrons. The summed E-state index contributed by atoms with van der Waals surface area (Å²) in [5.74, 6) is -1.13. The van der Waals surface area contributed by atoms with Crippen LogP contribution in [0.3, 0.4) is 0 Å². The van der Waals surface area contributed by atoms with E-state index in [-0.39, 0.29) is 12.5 Å². The van der Waals surface area contributed by atoms with Gasteiger partial charge in [-0.3, -0.25) is 4.79 Å². The van der Waals surface area contributed by atoms with Gasteiger partial charge in [0.05, 0.1) is 13.7 Å². The molecule has 0 radical (unpaired) electrons. The Kier molecular flexibility index (Phi) is 5.32. The van der Waals surface area contributed by atoms with Crippen LogP contribution in [-0.4, -0.2) is 50.8 Å². The van der Waals surface area contributed by atoms with Gasteiger partial charge >= 0.3 is 5.97 Å². The molecule has 0 fully saturated rings. The van der Waals surface area contributed by atoms with Gasteiger partial charge in [-0.1, -0.05) is 6.07 Å². The van der Waals surface area contributed by atoms with Crippen molar-refractivity contribution in [2.45, 2.75) is 6.10 Å². The third-order valence-electron chi connectivity index (χ3n) is 2.55. The summed E-state index contributed by atoms with van der Waals surface area (Å²) in [7, 11) is 4.92. The summed E-state index contributed by atoms with van der Waals surface area (Å²) in [6.07, 6.45) is -1.36. The fraction of sp³-hybridized carbons (Fsp3) is 0.385. The molecular weight excluding hydrogens is 248 g/mol. The maximum absolute atomic E-state index is 11.8. The Hall–Kier alpha value is -2.08. The van der Waals surface area contributed by atoms with Crippen molar-refractivity contribution in [3.8, 4) is 0 Å². The second-order valence-corrected chi connectivity index (χ2v) is 4.19. The average Bonchev–Trinajstić information content (AvgIpc) is 2.43. The van der Waals surface area contributed by atoms with Crippen LogP contribution < -0.4 is 10.2 Å². The number of rotatable bonds is 5. The lowest BCUT2D eigenvalue weighted by molar-refractivity contribution is -0.149. The predicted molar refractivity (Wildman–Crippen MR) is 71.1 cm³/mol. The number of aliphatic hydroxyl groups excluding tert-OH is 1. The molecule has 0 saturated heterocycles. The zero-order valence-corrected chi connectivity index (χ0v) is 11.2. The summed E-state index contributed by atoms with van der Waals surface area (Å²) in [4.78, 5) is 24.7. The molecule has 1 aromatic carbocycles. The van der Waals surface area contributed by atoms with E-state index in [1.807, 2.05) is 25.1 Å². The van der Waals surface area contributed by atoms with Crippen LogP contribution in [0.15, 0.2) is 24.3 Å². The minimum atomic E-state index is -1.36. The van der Waals surface area contributed by atoms with Crippen molar-refractivity contribution >= 4 is 17.6 Å². The lowest BCUT2D eigenvalue weighted by atomic mass is 10.2. The van der Waals surface area contributed by atoms with Gasteiger partial charge in [0.1, 0.15) is 0 Å². The number of hydrogen-bond donors (Lipinski definition) is 2. The maximum atomic E-state index is 11.8. The number of amides is 1. The van der Waals surface area contributed by atoms with E-state index in [4.69, 9.17) is 0 Å². The van der Waals surface area contributed by atoms with E-state index >= 15 is 0 Å². The summed E-state index contributed by atoms with van der Waals surface area (Å²) >= 11 is 0. The zero-order chi connectivity index (χ0) is 14.4. The molecular formula is C13H18N2O4. The standard InChI is InChI=1S/C13H18N2O4/c1-15(2)10-6-4-5-9(7-10)12(17)14-8-11(16)13(18)19-3/h4-7,11,16H,8H2,1-3H3,(H,14,17). The van der Waals surface area contributed by atoms with Crippen LogP contribution >= 0.6 is 0 Å². The van der Waals surface area contributed by atoms with E-state index in [1.165, 1.54) is 7.11 Å². The zero-order valence-electron chi connectivity index (χ0n) is 11.2. The molecule has 0 aromatic heterocycles. The average molecular weight is 266 g/mol. The Balaban J connectivity index is 2.63. The number of carbonyl (C=O) groups excluding carboxylic acids is 2. The Labute approximate surface area is 112 Å². The molecule has 0 aliphatic rings. The SMILES string of the molecule is COC(=O)C(O)CNC(=O)c1cccc(N(C)C)c1. The molecule has 0 aliphatic carbocycles. The van der Waals surface area contributed by atoms with Gasteiger partial charge in [-0.15, -0.1) is 0 Å². The lowest BCUT2D eigenvalue weighted by Gasteiger charge is -2.14. The Morgan fingerprint density at radius 1 is 1.42 bits per heavy atom. The van der Waals surface area contributed by atoms with Crippen molar-refractivity contribution in [1.29, 1.82) is 0 Å². The molecule has 6 heteroatoms. The van der Waals surface area contributed by atoms with Crippen LogP contribution in [0.25, 0.3) is 0 Å². The van der Waals surface area contributed by atoms with Crippen molar-refractivity contribution in [2.24, 2.45) is 0 Å². The Morgan fingerprint density at radius 2 is 2.11 bits per heavy atom. The number of nitrogens with zero attached hydrogens (tertiary/aromatic N) is 1. The summed E-state index contributed by atoms with van der Waals surface area (Å²) in [5, 5.41) is 11.8. The molecule has 0 saturated carbocycles. The largest absolute Gasteiger partial charge is 0.467 e. The Bertz CT molecular complexity index is 460. The van der Waals surface area contributed by atoms with E-state index in [0.717, 1.165) is 5.69 Å². The number of nitrogens with one attached hydrogen (secondary N) is 1. The van der Waals surface area contributed by atoms with Gasteiger partial charge in [0.2, 0.25) is 0 Å². The number of esters is 1. The van der Waals surface area contributed by atoms with E-state index in [9.17, 15) is 14.7 Å². The third-order valence-corrected chi connectivity index (χ3v) is 2.55. The molecule has 1 rings (SSSR count). The van der Waals surface area contributed by atoms with E-state index < -0.39 is 12.1 Å². The molecule has 6 nitrogen and oxygen atoms in total. The van der Waals surface area contributed by atoms with E-state index in [2.05, 4.69) is 10.1 Å². The van der Waals surface area contributed by atoms with Crippen molar-refractivity contribution in [2.75, 3.05) is 32.6 Å². The first-order chi connectivity index (χ1) is 8.95. The normalized spacial score (nSPS) is 11.6. The van der Waals surface area contributed by atoms with Crippen LogP contribution in [0.1, 0.15) is 10.4 Å². The van der Waals surface area contributed by atoms with Gasteiger partial charge in [-0.25, -0.2) is 4.79 Å². The van der Waals surface area contributed by atoms with E-state index in [0.29, 0.717) is 5.56 Å². The second kappa shape index (κ2) is 6.75. The Morgan fingerprint density at radius 3 is 2.68 bits per heavy atom. The van der Waals surface area contributed by atoms with Crippen LogP contribution in [0, 0.1) is 0 Å². The molecule has 0 spiro atoms. The molecule has 1 atom stereocenters. The van der Waals surface area contributed by atoms with Crippen molar-refractivity contribution in [3.05, 3.63) is 29.8 Å². The minimum Gasteiger partial charge on any atom is -0.467 e. The molecule has 1 unspecified atom stereocenters. The number of methoxy groups -OCH3 is 1. The smallest absolute Gasteiger partial charge is 0.336 e. The van der Waals surface area contributed by atoms with E-state index in [1.54, 1.807) is 18.2 Å². The molecule has 1 aromatic rings. The fourth-order valence-electron chi connectivity index (χ4n) is 1.44. The molecule has 0 bridgehead atoms. The van der Waals surface area contributed by atoms with Crippen molar-refractivity contribution < 1.29 is 19.4 Å². The molecule has 2 N–H and O–H groups in total. The number of anilines is 1. The lowest BCUT2D eigenvalue weighted by Crippen LogP contribution is -2.37. The number of ether oxygens (including phenoxy) is 1. The van der Waals surface area contributed by atoms with Gasteiger partial charge in [-0.05, 0) is 18.2 Å². The summed E-state index contributed by atoms with van der Waals surface area (Å²) in [6, 6.07) is 7.02. The van der Waals surface area contributed by atoms with Gasteiger partial charge < -0.3 is 20.1 Å². The summed E-state index contributed by atoms with van der Waals surface area (Å²) in [5.41, 5.74) is 1.35. The van der Waals surface area contributed by atoms with Crippen LogP contribution in [0.2, 0.25) is 0 Å². The second-order valence-electron chi connectivity index (χ2n) is 4.19. The van der Waals surface area contributed by atoms with Gasteiger partial charge in [0.15, 0.2) is 6.10 Å². The van der Waals surface area contributed by atoms with Crippen LogP contribution in [-0.2, 0) is 9.53 Å². The van der Waals surface area contributed by atoms with Crippen LogP contribution in [0.4, 0.5) is 5.69 Å². The first-order valence-electron chi connectivity index (χ1n) is 5.77. The molecule has 1 amide bonds.